The highest BCUT2D eigenvalue weighted by molar-refractivity contribution is 5.74. The Hall–Kier alpha value is -1.74. The summed E-state index contributed by atoms with van der Waals surface area (Å²) in [4.78, 5) is 8.39. The molecule has 1 unspecified atom stereocenters. The molecule has 0 bridgehead atoms. The molecule has 0 spiro atoms. The molecule has 0 aliphatic heterocycles. The smallest absolute Gasteiger partial charge is 0.0890 e. The maximum Gasteiger partial charge on any atom is 0.0890 e. The molecule has 0 saturated carbocycles. The summed E-state index contributed by atoms with van der Waals surface area (Å²) in [5.74, 6) is 0. The maximum absolute atomic E-state index is 9.94. The molecule has 16 heavy (non-hydrogen) atoms. The molecule has 1 aromatic heterocycles. The Labute approximate surface area is 94.5 Å². The largest absolute Gasteiger partial charge is 0.388 e. The van der Waals surface area contributed by atoms with E-state index < -0.39 is 6.10 Å². The summed E-state index contributed by atoms with van der Waals surface area (Å²) in [6, 6.07) is 5.62. The zero-order chi connectivity index (χ0) is 11.5. The first kappa shape index (κ1) is 10.8. The Morgan fingerprint density at radius 1 is 1.31 bits per heavy atom. The van der Waals surface area contributed by atoms with Gasteiger partial charge in [0.15, 0.2) is 0 Å². The normalized spacial score (nSPS) is 12.6. The van der Waals surface area contributed by atoms with Crippen LogP contribution in [-0.4, -0.2) is 15.1 Å². The van der Waals surface area contributed by atoms with E-state index in [4.69, 9.17) is 0 Å². The fourth-order valence-corrected chi connectivity index (χ4v) is 1.64. The summed E-state index contributed by atoms with van der Waals surface area (Å²) in [7, 11) is 0. The molecule has 0 radical (unpaired) electrons. The van der Waals surface area contributed by atoms with Crippen LogP contribution >= 0.6 is 0 Å². The Bertz CT molecular complexity index is 522. The first-order chi connectivity index (χ1) is 7.66. The zero-order valence-electron chi connectivity index (χ0n) is 9.22. The number of rotatable bonds is 3. The quantitative estimate of drug-likeness (QED) is 0.799. The predicted octanol–water partition coefficient (Wildman–Crippen LogP) is 2.63. The Morgan fingerprint density at radius 2 is 2.00 bits per heavy atom. The van der Waals surface area contributed by atoms with E-state index in [0.717, 1.165) is 22.2 Å². The maximum atomic E-state index is 9.94. The lowest BCUT2D eigenvalue weighted by molar-refractivity contribution is 0.178. The first-order valence-electron chi connectivity index (χ1n) is 5.20. The third-order valence-corrected chi connectivity index (χ3v) is 2.42. The number of benzene rings is 1. The second-order valence-corrected chi connectivity index (χ2v) is 3.98. The van der Waals surface area contributed by atoms with Crippen LogP contribution in [0.2, 0.25) is 0 Å². The molecule has 0 aliphatic rings. The van der Waals surface area contributed by atoms with Gasteiger partial charge in [-0.05, 0) is 31.0 Å². The molecule has 0 amide bonds. The van der Waals surface area contributed by atoms with E-state index in [9.17, 15) is 5.11 Å². The van der Waals surface area contributed by atoms with Gasteiger partial charge in [-0.1, -0.05) is 11.6 Å². The lowest BCUT2D eigenvalue weighted by Crippen LogP contribution is -1.98. The van der Waals surface area contributed by atoms with E-state index in [2.05, 4.69) is 16.5 Å². The number of aliphatic hydroxyl groups excluding tert-OH is 1. The van der Waals surface area contributed by atoms with Gasteiger partial charge in [-0.15, -0.1) is 6.58 Å². The second kappa shape index (κ2) is 4.41. The molecule has 1 N–H and O–H groups in total. The van der Waals surface area contributed by atoms with Crippen LogP contribution in [0.25, 0.3) is 11.0 Å². The highest BCUT2D eigenvalue weighted by Gasteiger charge is 2.08. The molecule has 2 rings (SSSR count). The van der Waals surface area contributed by atoms with Crippen molar-refractivity contribution < 1.29 is 5.11 Å². The van der Waals surface area contributed by atoms with Crippen LogP contribution in [0, 0.1) is 0 Å². The minimum absolute atomic E-state index is 0.510. The summed E-state index contributed by atoms with van der Waals surface area (Å²) in [5, 5.41) is 9.94. The Balaban J connectivity index is 2.35. The standard InChI is InChI=1S/C13H14N2O/c1-9(2)7-13(16)10-3-4-11-12(8-10)15-6-5-14-11/h3-6,8,13,16H,1,7H2,2H3. The summed E-state index contributed by atoms with van der Waals surface area (Å²) in [6.45, 7) is 5.70. The molecule has 3 nitrogen and oxygen atoms in total. The van der Waals surface area contributed by atoms with Gasteiger partial charge in [0, 0.05) is 12.4 Å². The first-order valence-corrected chi connectivity index (χ1v) is 5.20. The van der Waals surface area contributed by atoms with Gasteiger partial charge >= 0.3 is 0 Å². The van der Waals surface area contributed by atoms with E-state index in [-0.39, 0.29) is 0 Å². The van der Waals surface area contributed by atoms with Gasteiger partial charge in [0.2, 0.25) is 0 Å². The molecule has 0 aliphatic carbocycles. The molecule has 2 aromatic rings. The van der Waals surface area contributed by atoms with Crippen LogP contribution in [-0.2, 0) is 0 Å². The second-order valence-electron chi connectivity index (χ2n) is 3.98. The number of nitrogens with zero attached hydrogens (tertiary/aromatic N) is 2. The van der Waals surface area contributed by atoms with Crippen LogP contribution in [0.3, 0.4) is 0 Å². The average molecular weight is 214 g/mol. The van der Waals surface area contributed by atoms with Crippen molar-refractivity contribution in [2.24, 2.45) is 0 Å². The Kier molecular flexibility index (Phi) is 2.97. The van der Waals surface area contributed by atoms with Crippen LogP contribution in [0.1, 0.15) is 25.0 Å². The Morgan fingerprint density at radius 3 is 2.69 bits per heavy atom. The minimum atomic E-state index is -0.510. The van der Waals surface area contributed by atoms with Crippen LogP contribution in [0.5, 0.6) is 0 Å². The average Bonchev–Trinajstić information content (AvgIpc) is 2.27. The fraction of sp³-hybridized carbons (Fsp3) is 0.231. The van der Waals surface area contributed by atoms with Gasteiger partial charge < -0.3 is 5.11 Å². The SMILES string of the molecule is C=C(C)CC(O)c1ccc2nccnc2c1. The predicted molar refractivity (Wildman–Crippen MR) is 63.9 cm³/mol. The molecular weight excluding hydrogens is 200 g/mol. The van der Waals surface area contributed by atoms with Crippen molar-refractivity contribution >= 4 is 11.0 Å². The number of hydrogen-bond acceptors (Lipinski definition) is 3. The van der Waals surface area contributed by atoms with Gasteiger partial charge in [0.05, 0.1) is 17.1 Å². The monoisotopic (exact) mass is 214 g/mol. The van der Waals surface area contributed by atoms with E-state index in [1.54, 1.807) is 12.4 Å². The van der Waals surface area contributed by atoms with Gasteiger partial charge in [-0.25, -0.2) is 0 Å². The summed E-state index contributed by atoms with van der Waals surface area (Å²) in [6.07, 6.45) is 3.37. The van der Waals surface area contributed by atoms with Crippen LogP contribution in [0.4, 0.5) is 0 Å². The van der Waals surface area contributed by atoms with Crippen molar-refractivity contribution in [1.29, 1.82) is 0 Å². The van der Waals surface area contributed by atoms with Gasteiger partial charge in [0.1, 0.15) is 0 Å². The molecule has 1 aromatic carbocycles. The number of aromatic nitrogens is 2. The van der Waals surface area contributed by atoms with E-state index >= 15 is 0 Å². The van der Waals surface area contributed by atoms with Gasteiger partial charge in [-0.2, -0.15) is 0 Å². The fourth-order valence-electron chi connectivity index (χ4n) is 1.64. The summed E-state index contributed by atoms with van der Waals surface area (Å²) in [5.41, 5.74) is 3.47. The number of hydrogen-bond donors (Lipinski definition) is 1. The molecule has 3 heteroatoms. The van der Waals surface area contributed by atoms with Crippen LogP contribution < -0.4 is 0 Å². The lowest BCUT2D eigenvalue weighted by atomic mass is 10.0. The van der Waals surface area contributed by atoms with Crippen LogP contribution in [0.15, 0.2) is 42.7 Å². The topological polar surface area (TPSA) is 46.0 Å². The molecule has 1 heterocycles. The van der Waals surface area contributed by atoms with E-state index in [0.29, 0.717) is 6.42 Å². The number of aliphatic hydroxyl groups is 1. The number of fused-ring (bicyclic) bond motifs is 1. The highest BCUT2D eigenvalue weighted by Crippen LogP contribution is 2.22. The van der Waals surface area contributed by atoms with E-state index in [1.165, 1.54) is 0 Å². The molecule has 82 valence electrons. The van der Waals surface area contributed by atoms with Gasteiger partial charge in [-0.3, -0.25) is 9.97 Å². The van der Waals surface area contributed by atoms with Crippen molar-refractivity contribution in [3.8, 4) is 0 Å². The van der Waals surface area contributed by atoms with Crippen molar-refractivity contribution in [1.82, 2.24) is 9.97 Å². The highest BCUT2D eigenvalue weighted by atomic mass is 16.3. The lowest BCUT2D eigenvalue weighted by Gasteiger charge is -2.10. The summed E-state index contributed by atoms with van der Waals surface area (Å²) < 4.78 is 0. The van der Waals surface area contributed by atoms with E-state index in [1.807, 2.05) is 25.1 Å². The molecule has 0 fully saturated rings. The molecular formula is C13H14N2O. The zero-order valence-corrected chi connectivity index (χ0v) is 9.22. The molecule has 0 saturated heterocycles. The molecule has 1 atom stereocenters. The third kappa shape index (κ3) is 2.25. The van der Waals surface area contributed by atoms with Crippen molar-refractivity contribution in [2.45, 2.75) is 19.4 Å². The minimum Gasteiger partial charge on any atom is -0.388 e. The third-order valence-electron chi connectivity index (χ3n) is 2.42. The van der Waals surface area contributed by atoms with Crippen molar-refractivity contribution in [3.63, 3.8) is 0 Å². The summed E-state index contributed by atoms with van der Waals surface area (Å²) >= 11 is 0. The van der Waals surface area contributed by atoms with Crippen molar-refractivity contribution in [2.75, 3.05) is 0 Å². The van der Waals surface area contributed by atoms with Gasteiger partial charge in [0.25, 0.3) is 0 Å². The van der Waals surface area contributed by atoms with Crippen molar-refractivity contribution in [3.05, 3.63) is 48.3 Å².